The summed E-state index contributed by atoms with van der Waals surface area (Å²) in [4.78, 5) is 26.2. The maximum absolute atomic E-state index is 13.4. The van der Waals surface area contributed by atoms with E-state index < -0.39 is 0 Å². The lowest BCUT2D eigenvalue weighted by Crippen LogP contribution is -2.31. The second-order valence-electron chi connectivity index (χ2n) is 8.22. The fourth-order valence-corrected chi connectivity index (χ4v) is 3.92. The summed E-state index contributed by atoms with van der Waals surface area (Å²) in [7, 11) is 0. The van der Waals surface area contributed by atoms with Gasteiger partial charge in [0.1, 0.15) is 12.1 Å². The third-order valence-corrected chi connectivity index (χ3v) is 5.55. The van der Waals surface area contributed by atoms with Crippen LogP contribution in [0.25, 0.3) is 16.6 Å². The molecule has 3 heterocycles. The highest BCUT2D eigenvalue weighted by molar-refractivity contribution is 5.91. The van der Waals surface area contributed by atoms with E-state index in [-0.39, 0.29) is 30.7 Å². The molecule has 0 aliphatic carbocycles. The molecule has 168 valence electrons. The van der Waals surface area contributed by atoms with Gasteiger partial charge >= 0.3 is 0 Å². The largest absolute Gasteiger partial charge is 0.454 e. The van der Waals surface area contributed by atoms with Crippen LogP contribution in [0.4, 0.5) is 5.69 Å². The molecular weight excluding hydrogens is 422 g/mol. The molecule has 33 heavy (non-hydrogen) atoms. The Bertz CT molecular complexity index is 1440. The van der Waals surface area contributed by atoms with Crippen molar-refractivity contribution in [3.8, 4) is 17.2 Å². The number of carbonyl (C=O) groups is 1. The van der Waals surface area contributed by atoms with E-state index in [4.69, 9.17) is 9.47 Å². The van der Waals surface area contributed by atoms with Gasteiger partial charge in [-0.15, -0.1) is 0 Å². The van der Waals surface area contributed by atoms with E-state index in [0.717, 1.165) is 11.3 Å². The normalized spacial score (nSPS) is 12.5. The number of aromatic nitrogens is 4. The van der Waals surface area contributed by atoms with Gasteiger partial charge in [0.15, 0.2) is 11.5 Å². The molecule has 1 aliphatic heterocycles. The number of nitrogens with one attached hydrogen (secondary N) is 1. The molecule has 1 amide bonds. The Morgan fingerprint density at radius 2 is 1.94 bits per heavy atom. The van der Waals surface area contributed by atoms with Crippen LogP contribution in [0.1, 0.15) is 31.0 Å². The molecular formula is C24H23N5O4. The number of hydrogen-bond donors (Lipinski definition) is 1. The molecule has 0 radical (unpaired) electrons. The van der Waals surface area contributed by atoms with Crippen LogP contribution >= 0.6 is 0 Å². The molecule has 0 spiro atoms. The number of fused-ring (bicyclic) bond motifs is 2. The number of ether oxygens (including phenoxy) is 2. The maximum atomic E-state index is 13.4. The minimum absolute atomic E-state index is 0.0331. The van der Waals surface area contributed by atoms with E-state index in [9.17, 15) is 9.59 Å². The Morgan fingerprint density at radius 1 is 1.15 bits per heavy atom. The first-order chi connectivity index (χ1) is 15.9. The molecule has 1 aliphatic rings. The monoisotopic (exact) mass is 445 g/mol. The number of para-hydroxylation sites is 1. The van der Waals surface area contributed by atoms with Crippen LogP contribution in [0.5, 0.6) is 11.5 Å². The van der Waals surface area contributed by atoms with Gasteiger partial charge in [0.25, 0.3) is 5.56 Å². The molecule has 0 saturated heterocycles. The van der Waals surface area contributed by atoms with Gasteiger partial charge in [0.05, 0.1) is 17.6 Å². The van der Waals surface area contributed by atoms with E-state index in [0.29, 0.717) is 33.8 Å². The summed E-state index contributed by atoms with van der Waals surface area (Å²) in [6.45, 7) is 5.87. The van der Waals surface area contributed by atoms with Gasteiger partial charge in [-0.1, -0.05) is 32.0 Å². The van der Waals surface area contributed by atoms with Crippen LogP contribution in [-0.2, 0) is 11.3 Å². The van der Waals surface area contributed by atoms with E-state index in [1.165, 1.54) is 4.68 Å². The van der Waals surface area contributed by atoms with Crippen molar-refractivity contribution in [2.75, 3.05) is 12.1 Å². The highest BCUT2D eigenvalue weighted by Crippen LogP contribution is 2.34. The maximum Gasteiger partial charge on any atom is 0.293 e. The molecule has 0 fully saturated rings. The molecule has 0 saturated carbocycles. The lowest BCUT2D eigenvalue weighted by atomic mass is 10.1. The van der Waals surface area contributed by atoms with Crippen molar-refractivity contribution in [3.05, 3.63) is 70.3 Å². The Morgan fingerprint density at radius 3 is 2.73 bits per heavy atom. The average molecular weight is 445 g/mol. The summed E-state index contributed by atoms with van der Waals surface area (Å²) in [5.74, 6) is 0.849. The van der Waals surface area contributed by atoms with E-state index >= 15 is 0 Å². The topological polar surface area (TPSA) is 100 Å². The molecule has 2 aromatic carbocycles. The van der Waals surface area contributed by atoms with Crippen LogP contribution in [0.3, 0.4) is 0 Å². The van der Waals surface area contributed by atoms with Crippen LogP contribution in [-0.4, -0.2) is 32.3 Å². The SMILES string of the molecule is Cc1ccccc1-n1ncc2c(C(C)C)nn(CC(=O)Nc3ccc4c(c3)OCO4)c(=O)c21. The average Bonchev–Trinajstić information content (AvgIpc) is 3.43. The molecule has 5 rings (SSSR count). The quantitative estimate of drug-likeness (QED) is 0.506. The number of rotatable bonds is 5. The van der Waals surface area contributed by atoms with Gasteiger partial charge < -0.3 is 14.8 Å². The number of benzene rings is 2. The third-order valence-electron chi connectivity index (χ3n) is 5.55. The highest BCUT2D eigenvalue weighted by Gasteiger charge is 2.21. The second kappa shape index (κ2) is 8.09. The predicted molar refractivity (Wildman–Crippen MR) is 123 cm³/mol. The van der Waals surface area contributed by atoms with Crippen LogP contribution in [0, 0.1) is 6.92 Å². The Kier molecular flexibility index (Phi) is 5.08. The first kappa shape index (κ1) is 20.7. The van der Waals surface area contributed by atoms with Crippen molar-refractivity contribution in [2.24, 2.45) is 0 Å². The summed E-state index contributed by atoms with van der Waals surface area (Å²) < 4.78 is 13.5. The van der Waals surface area contributed by atoms with Crippen molar-refractivity contribution in [1.82, 2.24) is 19.6 Å². The van der Waals surface area contributed by atoms with Gasteiger partial charge in [-0.25, -0.2) is 9.36 Å². The Labute approximate surface area is 189 Å². The molecule has 4 aromatic rings. The number of hydrogen-bond acceptors (Lipinski definition) is 6. The van der Waals surface area contributed by atoms with Crippen molar-refractivity contribution in [3.63, 3.8) is 0 Å². The predicted octanol–water partition coefficient (Wildman–Crippen LogP) is 3.38. The van der Waals surface area contributed by atoms with E-state index in [1.807, 2.05) is 45.0 Å². The van der Waals surface area contributed by atoms with Crippen LogP contribution in [0.2, 0.25) is 0 Å². The first-order valence-corrected chi connectivity index (χ1v) is 10.7. The minimum atomic E-state index is -0.379. The van der Waals surface area contributed by atoms with Gasteiger partial charge in [0.2, 0.25) is 12.7 Å². The van der Waals surface area contributed by atoms with E-state index in [1.54, 1.807) is 29.1 Å². The fourth-order valence-electron chi connectivity index (χ4n) is 3.92. The lowest BCUT2D eigenvalue weighted by molar-refractivity contribution is -0.117. The zero-order valence-electron chi connectivity index (χ0n) is 18.5. The summed E-state index contributed by atoms with van der Waals surface area (Å²) in [6, 6.07) is 12.8. The Hall–Kier alpha value is -4.14. The summed E-state index contributed by atoms with van der Waals surface area (Å²) >= 11 is 0. The molecule has 9 heteroatoms. The molecule has 1 N–H and O–H groups in total. The number of nitrogens with zero attached hydrogens (tertiary/aromatic N) is 4. The van der Waals surface area contributed by atoms with Crippen molar-refractivity contribution < 1.29 is 14.3 Å². The molecule has 2 aromatic heterocycles. The number of amides is 1. The third kappa shape index (κ3) is 3.71. The summed E-state index contributed by atoms with van der Waals surface area (Å²) in [5, 5.41) is 12.5. The summed E-state index contributed by atoms with van der Waals surface area (Å²) in [5.41, 5.74) is 3.07. The number of carbonyl (C=O) groups excluding carboxylic acids is 1. The summed E-state index contributed by atoms with van der Waals surface area (Å²) in [6.07, 6.45) is 1.67. The van der Waals surface area contributed by atoms with E-state index in [2.05, 4.69) is 15.5 Å². The Balaban J connectivity index is 1.53. The first-order valence-electron chi connectivity index (χ1n) is 10.7. The van der Waals surface area contributed by atoms with Crippen molar-refractivity contribution >= 4 is 22.5 Å². The molecule has 0 bridgehead atoms. The zero-order valence-corrected chi connectivity index (χ0v) is 18.5. The highest BCUT2D eigenvalue weighted by atomic mass is 16.7. The smallest absolute Gasteiger partial charge is 0.293 e. The molecule has 0 atom stereocenters. The van der Waals surface area contributed by atoms with Crippen molar-refractivity contribution in [2.45, 2.75) is 33.2 Å². The lowest BCUT2D eigenvalue weighted by Gasteiger charge is -2.13. The number of anilines is 1. The van der Waals surface area contributed by atoms with Gasteiger partial charge in [-0.2, -0.15) is 10.2 Å². The van der Waals surface area contributed by atoms with Crippen molar-refractivity contribution in [1.29, 1.82) is 0 Å². The standard InChI is InChI=1S/C24H23N5O4/c1-14(2)22-17-11-25-29(18-7-5-4-6-15(18)3)23(17)24(31)28(27-22)12-21(30)26-16-8-9-19-20(10-16)33-13-32-19/h4-11,14H,12-13H2,1-3H3,(H,26,30). The minimum Gasteiger partial charge on any atom is -0.454 e. The fraction of sp³-hybridized carbons (Fsp3) is 0.250. The molecule has 9 nitrogen and oxygen atoms in total. The number of aryl methyl sites for hydroxylation is 1. The van der Waals surface area contributed by atoms with Crippen LogP contribution < -0.4 is 20.3 Å². The van der Waals surface area contributed by atoms with Gasteiger partial charge in [0, 0.05) is 17.1 Å². The van der Waals surface area contributed by atoms with Gasteiger partial charge in [-0.3, -0.25) is 9.59 Å². The molecule has 0 unspecified atom stereocenters. The second-order valence-corrected chi connectivity index (χ2v) is 8.22. The zero-order chi connectivity index (χ0) is 23.1. The van der Waals surface area contributed by atoms with Crippen LogP contribution in [0.15, 0.2) is 53.5 Å². The van der Waals surface area contributed by atoms with Gasteiger partial charge in [-0.05, 0) is 36.6 Å².